The van der Waals surface area contributed by atoms with Crippen molar-refractivity contribution in [3.63, 3.8) is 0 Å². The molecule has 3 rings (SSSR count). The van der Waals surface area contributed by atoms with E-state index >= 15 is 0 Å². The first-order valence-corrected chi connectivity index (χ1v) is 10.6. The highest BCUT2D eigenvalue weighted by Crippen LogP contribution is 2.25. The van der Waals surface area contributed by atoms with E-state index in [1.54, 1.807) is 24.3 Å². The van der Waals surface area contributed by atoms with E-state index in [1.165, 1.54) is 28.6 Å². The number of rotatable bonds is 5. The van der Waals surface area contributed by atoms with Crippen molar-refractivity contribution in [2.75, 3.05) is 18.4 Å². The number of amides is 1. The van der Waals surface area contributed by atoms with Gasteiger partial charge in [-0.05, 0) is 54.8 Å². The first-order chi connectivity index (χ1) is 13.9. The van der Waals surface area contributed by atoms with Crippen molar-refractivity contribution in [3.05, 3.63) is 59.7 Å². The summed E-state index contributed by atoms with van der Waals surface area (Å²) < 4.78 is 26.9. The van der Waals surface area contributed by atoms with E-state index < -0.39 is 10.0 Å². The van der Waals surface area contributed by atoms with Crippen molar-refractivity contribution in [1.82, 2.24) is 4.31 Å². The Hall–Kier alpha value is -3.20. The summed E-state index contributed by atoms with van der Waals surface area (Å²) in [5, 5.41) is 20.4. The third kappa shape index (κ3) is 4.80. The van der Waals surface area contributed by atoms with Crippen molar-refractivity contribution >= 4 is 21.6 Å². The highest BCUT2D eigenvalue weighted by atomic mass is 32.2. The molecule has 2 aromatic carbocycles. The fourth-order valence-electron chi connectivity index (χ4n) is 3.25. The monoisotopic (exact) mass is 408 g/mol. The first-order valence-electron chi connectivity index (χ1n) is 9.21. The number of nitrogens with zero attached hydrogens (tertiary/aromatic N) is 3. The smallest absolute Gasteiger partial charge is 0.243 e. The van der Waals surface area contributed by atoms with Crippen molar-refractivity contribution < 1.29 is 13.2 Å². The number of hydrogen-bond donors (Lipinski definition) is 1. The molecule has 0 unspecified atom stereocenters. The van der Waals surface area contributed by atoms with Crippen LogP contribution in [0.1, 0.15) is 24.0 Å². The van der Waals surface area contributed by atoms with Gasteiger partial charge in [0.25, 0.3) is 0 Å². The fourth-order valence-corrected chi connectivity index (χ4v) is 4.72. The van der Waals surface area contributed by atoms with Crippen LogP contribution in [0.2, 0.25) is 0 Å². The molecule has 1 aliphatic rings. The quantitative estimate of drug-likeness (QED) is 0.817. The molecule has 1 saturated heterocycles. The Balaban J connectivity index is 1.58. The molecule has 0 saturated carbocycles. The van der Waals surface area contributed by atoms with Gasteiger partial charge in [-0.1, -0.05) is 12.1 Å². The van der Waals surface area contributed by atoms with Crippen LogP contribution < -0.4 is 5.32 Å². The number of nitriles is 2. The van der Waals surface area contributed by atoms with Gasteiger partial charge in [0.15, 0.2) is 0 Å². The molecule has 8 heteroatoms. The van der Waals surface area contributed by atoms with Crippen LogP contribution in [0.4, 0.5) is 5.69 Å². The molecule has 29 heavy (non-hydrogen) atoms. The molecule has 1 fully saturated rings. The molecule has 1 amide bonds. The summed E-state index contributed by atoms with van der Waals surface area (Å²) in [6.45, 7) is 0.531. The van der Waals surface area contributed by atoms with Crippen LogP contribution in [0, 0.1) is 28.6 Å². The van der Waals surface area contributed by atoms with Gasteiger partial charge in [0, 0.05) is 24.7 Å². The van der Waals surface area contributed by atoms with E-state index in [-0.39, 0.29) is 29.8 Å². The van der Waals surface area contributed by atoms with Gasteiger partial charge in [0.05, 0.1) is 29.0 Å². The Morgan fingerprint density at radius 1 is 1.03 bits per heavy atom. The molecule has 0 atom stereocenters. The number of sulfonamides is 1. The lowest BCUT2D eigenvalue weighted by atomic mass is 9.97. The molecule has 0 spiro atoms. The summed E-state index contributed by atoms with van der Waals surface area (Å²) in [4.78, 5) is 12.7. The number of carbonyl (C=O) groups excluding carboxylic acids is 1. The lowest BCUT2D eigenvalue weighted by molar-refractivity contribution is -0.120. The second-order valence-corrected chi connectivity index (χ2v) is 8.77. The Morgan fingerprint density at radius 3 is 2.21 bits per heavy atom. The Morgan fingerprint density at radius 2 is 1.66 bits per heavy atom. The maximum Gasteiger partial charge on any atom is 0.243 e. The van der Waals surface area contributed by atoms with E-state index in [0.29, 0.717) is 30.5 Å². The standard InChI is InChI=1S/C21H20N4O3S/c22-12-9-16-1-5-19(6-2-16)24-21(26)18-10-13-25(14-11-18)29(27,28)20-7-3-17(15-23)4-8-20/h1-8,18H,9-11,13-14H2,(H,24,26). The third-order valence-electron chi connectivity index (χ3n) is 4.95. The zero-order valence-corrected chi connectivity index (χ0v) is 16.5. The van der Waals surface area contributed by atoms with Gasteiger partial charge in [-0.3, -0.25) is 4.79 Å². The number of carbonyl (C=O) groups is 1. The van der Waals surface area contributed by atoms with Crippen LogP contribution in [-0.2, 0) is 21.2 Å². The zero-order chi connectivity index (χ0) is 20.9. The summed E-state index contributed by atoms with van der Waals surface area (Å²) in [7, 11) is -3.64. The van der Waals surface area contributed by atoms with Crippen LogP contribution in [0.3, 0.4) is 0 Å². The highest BCUT2D eigenvalue weighted by Gasteiger charge is 2.32. The van der Waals surface area contributed by atoms with Gasteiger partial charge in [-0.2, -0.15) is 14.8 Å². The third-order valence-corrected chi connectivity index (χ3v) is 6.86. The van der Waals surface area contributed by atoms with Crippen molar-refractivity contribution in [3.8, 4) is 12.1 Å². The number of anilines is 1. The van der Waals surface area contributed by atoms with E-state index in [4.69, 9.17) is 10.5 Å². The van der Waals surface area contributed by atoms with Gasteiger partial charge in [-0.15, -0.1) is 0 Å². The van der Waals surface area contributed by atoms with Gasteiger partial charge < -0.3 is 5.32 Å². The summed E-state index contributed by atoms with van der Waals surface area (Å²) >= 11 is 0. The molecule has 7 nitrogen and oxygen atoms in total. The van der Waals surface area contributed by atoms with Crippen molar-refractivity contribution in [2.24, 2.45) is 5.92 Å². The SMILES string of the molecule is N#CCc1ccc(NC(=O)C2CCN(S(=O)(=O)c3ccc(C#N)cc3)CC2)cc1. The second-order valence-electron chi connectivity index (χ2n) is 6.84. The number of nitrogens with one attached hydrogen (secondary N) is 1. The van der Waals surface area contributed by atoms with Gasteiger partial charge >= 0.3 is 0 Å². The first kappa shape index (κ1) is 20.5. The molecular weight excluding hydrogens is 388 g/mol. The van der Waals surface area contributed by atoms with Gasteiger partial charge in [0.1, 0.15) is 0 Å². The van der Waals surface area contributed by atoms with Crippen LogP contribution in [-0.4, -0.2) is 31.7 Å². The normalized spacial score (nSPS) is 15.2. The number of piperidine rings is 1. The molecule has 1 aliphatic heterocycles. The predicted molar refractivity (Wildman–Crippen MR) is 107 cm³/mol. The van der Waals surface area contributed by atoms with Crippen LogP contribution in [0.15, 0.2) is 53.4 Å². The van der Waals surface area contributed by atoms with Crippen LogP contribution in [0.25, 0.3) is 0 Å². The average Bonchev–Trinajstić information content (AvgIpc) is 2.75. The Labute approximate surface area is 170 Å². The number of benzene rings is 2. The van der Waals surface area contributed by atoms with E-state index in [2.05, 4.69) is 11.4 Å². The van der Waals surface area contributed by atoms with Gasteiger partial charge in [0.2, 0.25) is 15.9 Å². The second kappa shape index (κ2) is 8.87. The lowest BCUT2D eigenvalue weighted by Crippen LogP contribution is -2.41. The maximum atomic E-state index is 12.8. The van der Waals surface area contributed by atoms with Crippen molar-refractivity contribution in [1.29, 1.82) is 10.5 Å². The fraction of sp³-hybridized carbons (Fsp3) is 0.286. The topological polar surface area (TPSA) is 114 Å². The van der Waals surface area contributed by atoms with E-state index in [9.17, 15) is 13.2 Å². The highest BCUT2D eigenvalue weighted by molar-refractivity contribution is 7.89. The lowest BCUT2D eigenvalue weighted by Gasteiger charge is -2.30. The molecule has 0 bridgehead atoms. The molecule has 0 aromatic heterocycles. The molecule has 0 aliphatic carbocycles. The molecule has 148 valence electrons. The predicted octanol–water partition coefficient (Wildman–Crippen LogP) is 2.66. The average molecular weight is 408 g/mol. The Bertz CT molecular complexity index is 1060. The molecule has 1 N–H and O–H groups in total. The minimum Gasteiger partial charge on any atom is -0.326 e. The molecule has 0 radical (unpaired) electrons. The number of hydrogen-bond acceptors (Lipinski definition) is 5. The minimum absolute atomic E-state index is 0.131. The summed E-state index contributed by atoms with van der Waals surface area (Å²) in [6.07, 6.45) is 1.20. The molecular formula is C21H20N4O3S. The largest absolute Gasteiger partial charge is 0.326 e. The summed E-state index contributed by atoms with van der Waals surface area (Å²) in [6, 6.07) is 17.0. The molecule has 2 aromatic rings. The van der Waals surface area contributed by atoms with E-state index in [1.807, 2.05) is 6.07 Å². The van der Waals surface area contributed by atoms with E-state index in [0.717, 1.165) is 5.56 Å². The van der Waals surface area contributed by atoms with Crippen LogP contribution >= 0.6 is 0 Å². The zero-order valence-electron chi connectivity index (χ0n) is 15.7. The summed E-state index contributed by atoms with van der Waals surface area (Å²) in [5.41, 5.74) is 1.94. The van der Waals surface area contributed by atoms with Crippen LogP contribution in [0.5, 0.6) is 0 Å². The summed E-state index contributed by atoms with van der Waals surface area (Å²) in [5.74, 6) is -0.394. The minimum atomic E-state index is -3.64. The molecule has 1 heterocycles. The van der Waals surface area contributed by atoms with Crippen molar-refractivity contribution in [2.45, 2.75) is 24.2 Å². The maximum absolute atomic E-state index is 12.8. The Kier molecular flexibility index (Phi) is 6.28. The van der Waals surface area contributed by atoms with Gasteiger partial charge in [-0.25, -0.2) is 8.42 Å².